The van der Waals surface area contributed by atoms with Gasteiger partial charge < -0.3 is 0 Å². The van der Waals surface area contributed by atoms with Gasteiger partial charge in [0.25, 0.3) is 0 Å². The van der Waals surface area contributed by atoms with Crippen LogP contribution in [0.15, 0.2) is 58.8 Å². The van der Waals surface area contributed by atoms with Crippen molar-refractivity contribution in [3.8, 4) is 0 Å². The molecule has 2 nitrogen and oxygen atoms in total. The summed E-state index contributed by atoms with van der Waals surface area (Å²) < 4.78 is 0. The van der Waals surface area contributed by atoms with Crippen molar-refractivity contribution in [2.24, 2.45) is 10.2 Å². The van der Waals surface area contributed by atoms with E-state index in [9.17, 15) is 0 Å². The fraction of sp³-hybridized carbons (Fsp3) is 0.368. The summed E-state index contributed by atoms with van der Waals surface area (Å²) in [4.78, 5) is 0. The van der Waals surface area contributed by atoms with E-state index in [4.69, 9.17) is 0 Å². The number of thiol groups is 1. The van der Waals surface area contributed by atoms with Crippen LogP contribution >= 0.6 is 12.6 Å². The second-order valence-corrected chi connectivity index (χ2v) is 5.91. The van der Waals surface area contributed by atoms with Crippen LogP contribution in [-0.2, 0) is 12.8 Å². The van der Waals surface area contributed by atoms with Crippen LogP contribution in [0.4, 0.5) is 11.4 Å². The molecule has 0 N–H and O–H groups in total. The summed E-state index contributed by atoms with van der Waals surface area (Å²) in [5.74, 6) is 0.926. The van der Waals surface area contributed by atoms with Crippen LogP contribution in [0.1, 0.15) is 37.3 Å². The maximum Gasteiger partial charge on any atom is 0.0857 e. The van der Waals surface area contributed by atoms with Crippen LogP contribution in [0.25, 0.3) is 0 Å². The molecule has 116 valence electrons. The summed E-state index contributed by atoms with van der Waals surface area (Å²) >= 11 is 4.24. The quantitative estimate of drug-likeness (QED) is 0.436. The van der Waals surface area contributed by atoms with Gasteiger partial charge in [0.05, 0.1) is 11.4 Å². The molecule has 2 aromatic rings. The average Bonchev–Trinajstić information content (AvgIpc) is 2.58. The molecule has 0 bridgehead atoms. The van der Waals surface area contributed by atoms with Gasteiger partial charge in [0.15, 0.2) is 0 Å². The predicted molar refractivity (Wildman–Crippen MR) is 97.8 cm³/mol. The van der Waals surface area contributed by atoms with E-state index in [0.717, 1.165) is 36.4 Å². The highest BCUT2D eigenvalue weighted by Gasteiger charge is 1.96. The Kier molecular flexibility index (Phi) is 7.17. The van der Waals surface area contributed by atoms with Crippen LogP contribution in [-0.4, -0.2) is 5.75 Å². The van der Waals surface area contributed by atoms with E-state index in [1.165, 1.54) is 24.0 Å². The highest BCUT2D eigenvalue weighted by atomic mass is 32.1. The average molecular weight is 312 g/mol. The molecular weight excluding hydrogens is 288 g/mol. The maximum atomic E-state index is 4.30. The first kappa shape index (κ1) is 16.8. The Bertz CT molecular complexity index is 520. The number of unbranched alkanes of at least 4 members (excludes halogenated alkanes) is 1. The molecule has 0 spiro atoms. The Morgan fingerprint density at radius 1 is 0.727 bits per heavy atom. The van der Waals surface area contributed by atoms with Gasteiger partial charge in [-0.15, -0.1) is 0 Å². The third-order valence-electron chi connectivity index (χ3n) is 3.60. The maximum absolute atomic E-state index is 4.30. The van der Waals surface area contributed by atoms with E-state index in [0.29, 0.717) is 0 Å². The molecule has 0 aliphatic carbocycles. The molecule has 0 radical (unpaired) electrons. The van der Waals surface area contributed by atoms with Gasteiger partial charge in [0.1, 0.15) is 0 Å². The van der Waals surface area contributed by atoms with E-state index in [1.807, 2.05) is 24.3 Å². The fourth-order valence-corrected chi connectivity index (χ4v) is 2.40. The van der Waals surface area contributed by atoms with Crippen molar-refractivity contribution in [1.82, 2.24) is 0 Å². The molecule has 0 heterocycles. The molecule has 0 saturated heterocycles. The second kappa shape index (κ2) is 9.42. The smallest absolute Gasteiger partial charge is 0.0857 e. The zero-order valence-corrected chi connectivity index (χ0v) is 14.1. The Morgan fingerprint density at radius 3 is 1.59 bits per heavy atom. The fourth-order valence-electron chi connectivity index (χ4n) is 2.24. The number of hydrogen-bond acceptors (Lipinski definition) is 3. The first-order valence-electron chi connectivity index (χ1n) is 8.02. The normalized spacial score (nSPS) is 11.2. The van der Waals surface area contributed by atoms with Crippen molar-refractivity contribution < 1.29 is 0 Å². The van der Waals surface area contributed by atoms with Crippen molar-refractivity contribution in [1.29, 1.82) is 0 Å². The molecule has 0 saturated carbocycles. The van der Waals surface area contributed by atoms with Crippen molar-refractivity contribution in [2.75, 3.05) is 5.75 Å². The first-order chi connectivity index (χ1) is 10.8. The summed E-state index contributed by atoms with van der Waals surface area (Å²) in [6.45, 7) is 2.21. The molecule has 2 rings (SSSR count). The minimum absolute atomic E-state index is 0.893. The molecule has 0 aromatic heterocycles. The van der Waals surface area contributed by atoms with Gasteiger partial charge in [0.2, 0.25) is 0 Å². The lowest BCUT2D eigenvalue weighted by Gasteiger charge is -2.01. The highest BCUT2D eigenvalue weighted by Crippen LogP contribution is 2.20. The van der Waals surface area contributed by atoms with E-state index in [-0.39, 0.29) is 0 Å². The summed E-state index contributed by atoms with van der Waals surface area (Å²) in [6, 6.07) is 16.6. The largest absolute Gasteiger partial charge is 0.179 e. The van der Waals surface area contributed by atoms with Crippen LogP contribution < -0.4 is 0 Å². The van der Waals surface area contributed by atoms with E-state index in [2.05, 4.69) is 54.0 Å². The third kappa shape index (κ3) is 5.64. The van der Waals surface area contributed by atoms with Crippen LogP contribution in [0.5, 0.6) is 0 Å². The summed E-state index contributed by atoms with van der Waals surface area (Å²) in [6.07, 6.45) is 5.78. The Hall–Kier alpha value is -1.61. The van der Waals surface area contributed by atoms with Gasteiger partial charge in [-0.2, -0.15) is 22.9 Å². The van der Waals surface area contributed by atoms with Crippen LogP contribution in [0, 0.1) is 0 Å². The topological polar surface area (TPSA) is 24.7 Å². The minimum atomic E-state index is 0.893. The van der Waals surface area contributed by atoms with E-state index < -0.39 is 0 Å². The summed E-state index contributed by atoms with van der Waals surface area (Å²) in [5, 5.41) is 8.60. The van der Waals surface area contributed by atoms with Crippen LogP contribution in [0.3, 0.4) is 0 Å². The van der Waals surface area contributed by atoms with Gasteiger partial charge in [-0.1, -0.05) is 37.6 Å². The number of azo groups is 1. The Labute approximate surface area is 139 Å². The van der Waals surface area contributed by atoms with E-state index in [1.54, 1.807) is 0 Å². The lowest BCUT2D eigenvalue weighted by Crippen LogP contribution is -1.84. The van der Waals surface area contributed by atoms with Crippen molar-refractivity contribution >= 4 is 24.0 Å². The molecule has 0 amide bonds. The Morgan fingerprint density at radius 2 is 1.18 bits per heavy atom. The Balaban J connectivity index is 1.93. The molecule has 0 atom stereocenters. The van der Waals surface area contributed by atoms with Gasteiger partial charge in [0, 0.05) is 0 Å². The van der Waals surface area contributed by atoms with Gasteiger partial charge in [-0.25, -0.2) is 0 Å². The van der Waals surface area contributed by atoms with Gasteiger partial charge >= 0.3 is 0 Å². The lowest BCUT2D eigenvalue weighted by atomic mass is 10.1. The molecule has 2 aromatic carbocycles. The lowest BCUT2D eigenvalue weighted by molar-refractivity contribution is 0.795. The molecule has 0 aliphatic rings. The standard InChI is InChI=1S/C19H24N2S/c1-2-3-5-16-7-11-18(12-8-16)20-21-19-13-9-17(10-14-19)6-4-15-22/h7-14,22H,2-6,15H2,1H3. The van der Waals surface area contributed by atoms with Gasteiger partial charge in [-0.05, 0) is 66.8 Å². The molecule has 3 heteroatoms. The summed E-state index contributed by atoms with van der Waals surface area (Å²) in [5.41, 5.74) is 4.49. The molecule has 0 fully saturated rings. The van der Waals surface area contributed by atoms with Gasteiger partial charge in [-0.3, -0.25) is 0 Å². The minimum Gasteiger partial charge on any atom is -0.179 e. The molecule has 22 heavy (non-hydrogen) atoms. The first-order valence-corrected chi connectivity index (χ1v) is 8.65. The zero-order chi connectivity index (χ0) is 15.6. The van der Waals surface area contributed by atoms with Crippen molar-refractivity contribution in [2.45, 2.75) is 39.0 Å². The number of rotatable bonds is 8. The second-order valence-electron chi connectivity index (χ2n) is 5.46. The number of benzene rings is 2. The SMILES string of the molecule is CCCCc1ccc(N=Nc2ccc(CCCS)cc2)cc1. The highest BCUT2D eigenvalue weighted by molar-refractivity contribution is 7.80. The predicted octanol–water partition coefficient (Wildman–Crippen LogP) is 6.31. The number of aryl methyl sites for hydroxylation is 2. The molecule has 0 unspecified atom stereocenters. The molecular formula is C19H24N2S. The summed E-state index contributed by atoms with van der Waals surface area (Å²) in [7, 11) is 0. The monoisotopic (exact) mass is 312 g/mol. The zero-order valence-electron chi connectivity index (χ0n) is 13.2. The number of hydrogen-bond donors (Lipinski definition) is 1. The molecule has 0 aliphatic heterocycles. The van der Waals surface area contributed by atoms with Crippen molar-refractivity contribution in [3.05, 3.63) is 59.7 Å². The van der Waals surface area contributed by atoms with Crippen molar-refractivity contribution in [3.63, 3.8) is 0 Å². The third-order valence-corrected chi connectivity index (χ3v) is 3.91. The number of nitrogens with zero attached hydrogens (tertiary/aromatic N) is 2. The van der Waals surface area contributed by atoms with E-state index >= 15 is 0 Å². The van der Waals surface area contributed by atoms with Crippen LogP contribution in [0.2, 0.25) is 0 Å².